The van der Waals surface area contributed by atoms with Crippen molar-refractivity contribution in [1.82, 2.24) is 5.32 Å². The number of hydrogen-bond acceptors (Lipinski definition) is 3. The van der Waals surface area contributed by atoms with E-state index in [0.717, 1.165) is 0 Å². The fourth-order valence-electron chi connectivity index (χ4n) is 1.04. The molecular formula is C12H25NO3. The summed E-state index contributed by atoms with van der Waals surface area (Å²) in [5.74, 6) is -0.0492. The van der Waals surface area contributed by atoms with E-state index in [9.17, 15) is 9.90 Å². The Labute approximate surface area is 98.4 Å². The molecule has 0 atom stereocenters. The van der Waals surface area contributed by atoms with Crippen LogP contribution >= 0.6 is 0 Å². The average molecular weight is 231 g/mol. The number of ether oxygens (including phenoxy) is 1. The summed E-state index contributed by atoms with van der Waals surface area (Å²) in [6.45, 7) is 10.2. The predicted octanol–water partition coefficient (Wildman–Crippen LogP) is 1.47. The lowest BCUT2D eigenvalue weighted by Crippen LogP contribution is -2.57. The summed E-state index contributed by atoms with van der Waals surface area (Å²) >= 11 is 0. The second kappa shape index (κ2) is 6.21. The summed E-state index contributed by atoms with van der Waals surface area (Å²) in [6, 6.07) is 0. The van der Waals surface area contributed by atoms with Crippen molar-refractivity contribution in [3.8, 4) is 0 Å². The van der Waals surface area contributed by atoms with Gasteiger partial charge in [0, 0.05) is 19.6 Å². The number of aliphatic hydroxyl groups is 1. The summed E-state index contributed by atoms with van der Waals surface area (Å²) in [7, 11) is 0. The minimum atomic E-state index is -0.942. The van der Waals surface area contributed by atoms with Gasteiger partial charge in [-0.2, -0.15) is 0 Å². The molecule has 1 amide bonds. The highest BCUT2D eigenvalue weighted by Gasteiger charge is 2.35. The molecule has 0 rings (SSSR count). The summed E-state index contributed by atoms with van der Waals surface area (Å²) in [4.78, 5) is 11.6. The van der Waals surface area contributed by atoms with Crippen LogP contribution < -0.4 is 5.32 Å². The number of nitrogens with one attached hydrogen (secondary N) is 1. The Hall–Kier alpha value is -0.610. The van der Waals surface area contributed by atoms with E-state index >= 15 is 0 Å². The third-order valence-corrected chi connectivity index (χ3v) is 2.88. The van der Waals surface area contributed by atoms with Crippen molar-refractivity contribution in [3.63, 3.8) is 0 Å². The first-order chi connectivity index (χ1) is 7.20. The summed E-state index contributed by atoms with van der Waals surface area (Å²) < 4.78 is 5.15. The van der Waals surface area contributed by atoms with Crippen molar-refractivity contribution in [3.05, 3.63) is 0 Å². The lowest BCUT2D eigenvalue weighted by molar-refractivity contribution is -0.126. The van der Waals surface area contributed by atoms with Gasteiger partial charge in [-0.25, -0.2) is 0 Å². The molecule has 0 saturated carbocycles. The van der Waals surface area contributed by atoms with Crippen LogP contribution in [0.3, 0.4) is 0 Å². The quantitative estimate of drug-likeness (QED) is 0.652. The standard InChI is InChI=1S/C12H25NO3/c1-6-16-9-7-8-10(14)13-11(2,3)12(4,5)15/h15H,6-9H2,1-5H3,(H,13,14). The van der Waals surface area contributed by atoms with Gasteiger partial charge < -0.3 is 15.2 Å². The van der Waals surface area contributed by atoms with Crippen LogP contribution in [-0.4, -0.2) is 35.4 Å². The van der Waals surface area contributed by atoms with Crippen LogP contribution in [0.1, 0.15) is 47.5 Å². The molecule has 0 radical (unpaired) electrons. The highest BCUT2D eigenvalue weighted by Crippen LogP contribution is 2.20. The topological polar surface area (TPSA) is 58.6 Å². The average Bonchev–Trinajstić information content (AvgIpc) is 2.10. The molecule has 0 spiro atoms. The second-order valence-corrected chi connectivity index (χ2v) is 5.03. The van der Waals surface area contributed by atoms with Crippen LogP contribution in [0.15, 0.2) is 0 Å². The van der Waals surface area contributed by atoms with E-state index in [1.165, 1.54) is 0 Å². The van der Waals surface area contributed by atoms with Gasteiger partial charge in [-0.3, -0.25) is 4.79 Å². The van der Waals surface area contributed by atoms with Crippen LogP contribution in [-0.2, 0) is 9.53 Å². The fourth-order valence-corrected chi connectivity index (χ4v) is 1.04. The third-order valence-electron chi connectivity index (χ3n) is 2.88. The molecule has 4 nitrogen and oxygen atoms in total. The molecule has 0 unspecified atom stereocenters. The molecule has 0 aromatic heterocycles. The van der Waals surface area contributed by atoms with Crippen LogP contribution in [0.4, 0.5) is 0 Å². The highest BCUT2D eigenvalue weighted by atomic mass is 16.5. The minimum absolute atomic E-state index is 0.0492. The zero-order valence-corrected chi connectivity index (χ0v) is 11.1. The molecule has 0 saturated heterocycles. The molecule has 0 aromatic rings. The van der Waals surface area contributed by atoms with Crippen molar-refractivity contribution >= 4 is 5.91 Å². The van der Waals surface area contributed by atoms with E-state index < -0.39 is 11.1 Å². The van der Waals surface area contributed by atoms with E-state index in [0.29, 0.717) is 26.1 Å². The largest absolute Gasteiger partial charge is 0.388 e. The maximum absolute atomic E-state index is 11.6. The SMILES string of the molecule is CCOCCCC(=O)NC(C)(C)C(C)(C)O. The van der Waals surface area contributed by atoms with Crippen molar-refractivity contribution in [2.75, 3.05) is 13.2 Å². The Kier molecular flexibility index (Phi) is 5.97. The van der Waals surface area contributed by atoms with Crippen LogP contribution in [0.25, 0.3) is 0 Å². The van der Waals surface area contributed by atoms with Gasteiger partial charge in [0.2, 0.25) is 5.91 Å². The monoisotopic (exact) mass is 231 g/mol. The molecule has 16 heavy (non-hydrogen) atoms. The Morgan fingerprint density at radius 1 is 1.31 bits per heavy atom. The smallest absolute Gasteiger partial charge is 0.220 e. The summed E-state index contributed by atoms with van der Waals surface area (Å²) in [6.07, 6.45) is 1.14. The second-order valence-electron chi connectivity index (χ2n) is 5.03. The molecule has 0 aliphatic carbocycles. The number of carbonyl (C=O) groups is 1. The Morgan fingerprint density at radius 3 is 2.31 bits per heavy atom. The van der Waals surface area contributed by atoms with Crippen LogP contribution in [0.5, 0.6) is 0 Å². The lowest BCUT2D eigenvalue weighted by Gasteiger charge is -2.38. The molecule has 2 N–H and O–H groups in total. The highest BCUT2D eigenvalue weighted by molar-refractivity contribution is 5.76. The lowest BCUT2D eigenvalue weighted by atomic mass is 9.86. The van der Waals surface area contributed by atoms with Gasteiger partial charge in [0.25, 0.3) is 0 Å². The molecule has 4 heteroatoms. The van der Waals surface area contributed by atoms with Gasteiger partial charge in [-0.15, -0.1) is 0 Å². The van der Waals surface area contributed by atoms with E-state index in [4.69, 9.17) is 4.74 Å². The van der Waals surface area contributed by atoms with E-state index in [1.807, 2.05) is 20.8 Å². The van der Waals surface area contributed by atoms with E-state index in [2.05, 4.69) is 5.32 Å². The van der Waals surface area contributed by atoms with Gasteiger partial charge in [0.15, 0.2) is 0 Å². The predicted molar refractivity (Wildman–Crippen MR) is 64.2 cm³/mol. The van der Waals surface area contributed by atoms with Crippen LogP contribution in [0.2, 0.25) is 0 Å². The molecule has 0 aromatic carbocycles. The summed E-state index contributed by atoms with van der Waals surface area (Å²) in [5, 5.41) is 12.7. The first-order valence-corrected chi connectivity index (χ1v) is 5.82. The fraction of sp³-hybridized carbons (Fsp3) is 0.917. The molecule has 0 heterocycles. The van der Waals surface area contributed by atoms with Crippen molar-refractivity contribution in [2.45, 2.75) is 58.6 Å². The van der Waals surface area contributed by atoms with Gasteiger partial charge in [0.1, 0.15) is 0 Å². The minimum Gasteiger partial charge on any atom is -0.388 e. The number of rotatable bonds is 7. The first-order valence-electron chi connectivity index (χ1n) is 5.82. The first kappa shape index (κ1) is 15.4. The number of amides is 1. The maximum atomic E-state index is 11.6. The van der Waals surface area contributed by atoms with Gasteiger partial charge >= 0.3 is 0 Å². The zero-order chi connectivity index (χ0) is 12.8. The molecule has 96 valence electrons. The zero-order valence-electron chi connectivity index (χ0n) is 11.1. The van der Waals surface area contributed by atoms with Crippen molar-refractivity contribution in [1.29, 1.82) is 0 Å². The number of hydrogen-bond donors (Lipinski definition) is 2. The molecule has 0 aliphatic rings. The maximum Gasteiger partial charge on any atom is 0.220 e. The molecule has 0 fully saturated rings. The van der Waals surface area contributed by atoms with Gasteiger partial charge in [-0.05, 0) is 41.0 Å². The Morgan fingerprint density at radius 2 is 1.88 bits per heavy atom. The van der Waals surface area contributed by atoms with Crippen molar-refractivity contribution < 1.29 is 14.6 Å². The van der Waals surface area contributed by atoms with Crippen LogP contribution in [0, 0.1) is 0 Å². The normalized spacial score (nSPS) is 12.6. The summed E-state index contributed by atoms with van der Waals surface area (Å²) in [5.41, 5.74) is -1.57. The van der Waals surface area contributed by atoms with Crippen molar-refractivity contribution in [2.24, 2.45) is 0 Å². The molecule has 0 aliphatic heterocycles. The Balaban J connectivity index is 3.96. The molecular weight excluding hydrogens is 206 g/mol. The third kappa shape index (κ3) is 5.47. The van der Waals surface area contributed by atoms with E-state index in [1.54, 1.807) is 13.8 Å². The Bertz CT molecular complexity index is 219. The molecule has 0 bridgehead atoms. The van der Waals surface area contributed by atoms with E-state index in [-0.39, 0.29) is 5.91 Å². The number of carbonyl (C=O) groups excluding carboxylic acids is 1. The van der Waals surface area contributed by atoms with Gasteiger partial charge in [-0.1, -0.05) is 0 Å². The van der Waals surface area contributed by atoms with Gasteiger partial charge in [0.05, 0.1) is 11.1 Å².